The molecule has 2 aromatic rings. The Labute approximate surface area is 137 Å². The van der Waals surface area contributed by atoms with Crippen molar-refractivity contribution in [3.8, 4) is 0 Å². The van der Waals surface area contributed by atoms with E-state index in [2.05, 4.69) is 10.2 Å². The highest BCUT2D eigenvalue weighted by molar-refractivity contribution is 5.67. The third-order valence-electron chi connectivity index (χ3n) is 3.11. The van der Waals surface area contributed by atoms with Crippen LogP contribution in [0.3, 0.4) is 0 Å². The van der Waals surface area contributed by atoms with Crippen LogP contribution >= 0.6 is 0 Å². The minimum absolute atomic E-state index is 0.380. The maximum absolute atomic E-state index is 11.8. The molecule has 0 spiro atoms. The quantitative estimate of drug-likeness (QED) is 0.607. The molecule has 0 radical (unpaired) electrons. The highest BCUT2D eigenvalue weighted by Gasteiger charge is 2.38. The number of benzene rings is 2. The van der Waals surface area contributed by atoms with Crippen LogP contribution in [0.5, 0.6) is 0 Å². The number of hydrogen-bond acceptors (Lipinski definition) is 4. The number of carbonyl (C=O) groups excluding carboxylic acids is 1. The molecule has 2 rings (SSSR count). The molecule has 0 saturated heterocycles. The van der Waals surface area contributed by atoms with E-state index in [4.69, 9.17) is 4.74 Å². The molecule has 120 valence electrons. The monoisotopic (exact) mass is 310 g/mol. The van der Waals surface area contributed by atoms with Crippen molar-refractivity contribution >= 4 is 5.97 Å². The second kappa shape index (κ2) is 6.73. The minimum Gasteiger partial charge on any atom is -0.427 e. The van der Waals surface area contributed by atoms with Crippen molar-refractivity contribution in [1.29, 1.82) is 0 Å². The summed E-state index contributed by atoms with van der Waals surface area (Å²) in [6.07, 6.45) is 0. The van der Waals surface area contributed by atoms with E-state index in [-0.39, 0.29) is 5.54 Å². The summed E-state index contributed by atoms with van der Waals surface area (Å²) in [5.41, 5.74) is -0.139. The molecular formula is C19H22N2O2. The Morgan fingerprint density at radius 2 is 1.26 bits per heavy atom. The van der Waals surface area contributed by atoms with Gasteiger partial charge in [0.05, 0.1) is 5.54 Å². The van der Waals surface area contributed by atoms with Gasteiger partial charge < -0.3 is 4.74 Å². The van der Waals surface area contributed by atoms with E-state index in [0.717, 1.165) is 11.1 Å². The minimum atomic E-state index is -1.28. The van der Waals surface area contributed by atoms with E-state index >= 15 is 0 Å². The summed E-state index contributed by atoms with van der Waals surface area (Å²) >= 11 is 0. The summed E-state index contributed by atoms with van der Waals surface area (Å²) in [4.78, 5) is 11.8. The fourth-order valence-electron chi connectivity index (χ4n) is 2.18. The van der Waals surface area contributed by atoms with E-state index in [1.54, 1.807) is 0 Å². The van der Waals surface area contributed by atoms with E-state index < -0.39 is 11.7 Å². The lowest BCUT2D eigenvalue weighted by Crippen LogP contribution is -2.31. The van der Waals surface area contributed by atoms with Crippen molar-refractivity contribution < 1.29 is 9.53 Å². The van der Waals surface area contributed by atoms with Crippen molar-refractivity contribution in [2.45, 2.75) is 39.0 Å². The highest BCUT2D eigenvalue weighted by Crippen LogP contribution is 2.36. The molecule has 0 N–H and O–H groups in total. The van der Waals surface area contributed by atoms with Gasteiger partial charge in [0.25, 0.3) is 5.72 Å². The Balaban J connectivity index is 2.68. The first-order chi connectivity index (χ1) is 10.8. The smallest absolute Gasteiger partial charge is 0.305 e. The van der Waals surface area contributed by atoms with E-state index in [1.165, 1.54) is 6.92 Å². The van der Waals surface area contributed by atoms with Gasteiger partial charge in [0.2, 0.25) is 0 Å². The molecule has 0 aliphatic rings. The molecule has 0 amide bonds. The summed E-state index contributed by atoms with van der Waals surface area (Å²) in [6.45, 7) is 7.23. The van der Waals surface area contributed by atoms with Crippen molar-refractivity contribution in [3.05, 3.63) is 71.8 Å². The topological polar surface area (TPSA) is 51.0 Å². The number of esters is 1. The van der Waals surface area contributed by atoms with Crippen LogP contribution in [0.2, 0.25) is 0 Å². The standard InChI is InChI=1S/C19H22N2O2/c1-15(22)23-19(21-20-18(2,3)4,16-11-7-5-8-12-16)17-13-9-6-10-14-17/h5-14H,1-4H3. The molecule has 23 heavy (non-hydrogen) atoms. The van der Waals surface area contributed by atoms with Crippen molar-refractivity contribution in [3.63, 3.8) is 0 Å². The van der Waals surface area contributed by atoms with E-state index in [9.17, 15) is 4.79 Å². The zero-order valence-corrected chi connectivity index (χ0v) is 14.0. The van der Waals surface area contributed by atoms with Crippen LogP contribution in [0.25, 0.3) is 0 Å². The molecule has 0 aromatic heterocycles. The van der Waals surface area contributed by atoms with Gasteiger partial charge in [-0.25, -0.2) is 0 Å². The Hall–Kier alpha value is -2.49. The largest absolute Gasteiger partial charge is 0.427 e. The summed E-state index contributed by atoms with van der Waals surface area (Å²) in [6, 6.07) is 18.9. The fourth-order valence-corrected chi connectivity index (χ4v) is 2.18. The van der Waals surface area contributed by atoms with Gasteiger partial charge in [0.1, 0.15) is 0 Å². The normalized spacial score (nSPS) is 12.3. The molecule has 0 unspecified atom stereocenters. The molecule has 0 atom stereocenters. The lowest BCUT2D eigenvalue weighted by molar-refractivity contribution is -0.154. The van der Waals surface area contributed by atoms with Gasteiger partial charge in [0.15, 0.2) is 0 Å². The van der Waals surface area contributed by atoms with Crippen LogP contribution in [0, 0.1) is 0 Å². The second-order valence-electron chi connectivity index (χ2n) is 6.34. The van der Waals surface area contributed by atoms with Gasteiger partial charge in [0, 0.05) is 18.1 Å². The molecule has 4 nitrogen and oxygen atoms in total. The fraction of sp³-hybridized carbons (Fsp3) is 0.316. The Morgan fingerprint density at radius 3 is 1.61 bits per heavy atom. The second-order valence-corrected chi connectivity index (χ2v) is 6.34. The molecule has 0 saturated carbocycles. The zero-order chi connectivity index (χ0) is 16.9. The van der Waals surface area contributed by atoms with Crippen LogP contribution in [0.1, 0.15) is 38.8 Å². The Bertz CT molecular complexity index is 634. The van der Waals surface area contributed by atoms with Gasteiger partial charge in [-0.05, 0) is 20.8 Å². The average Bonchev–Trinajstić information content (AvgIpc) is 2.52. The molecule has 0 aliphatic carbocycles. The van der Waals surface area contributed by atoms with Gasteiger partial charge in [-0.15, -0.1) is 5.11 Å². The molecule has 0 aliphatic heterocycles. The molecule has 0 fully saturated rings. The lowest BCUT2D eigenvalue weighted by Gasteiger charge is -2.30. The summed E-state index contributed by atoms with van der Waals surface area (Å²) in [5, 5.41) is 8.87. The van der Waals surface area contributed by atoms with Crippen LogP contribution in [0.15, 0.2) is 70.9 Å². The van der Waals surface area contributed by atoms with Crippen LogP contribution in [-0.4, -0.2) is 11.5 Å². The number of ether oxygens (including phenoxy) is 1. The van der Waals surface area contributed by atoms with Crippen LogP contribution < -0.4 is 0 Å². The number of hydrogen-bond donors (Lipinski definition) is 0. The number of azo groups is 1. The first-order valence-corrected chi connectivity index (χ1v) is 7.58. The number of nitrogens with zero attached hydrogens (tertiary/aromatic N) is 2. The third kappa shape index (κ3) is 4.25. The molecular weight excluding hydrogens is 288 g/mol. The first-order valence-electron chi connectivity index (χ1n) is 7.58. The summed E-state index contributed by atoms with van der Waals surface area (Å²) < 4.78 is 5.71. The predicted molar refractivity (Wildman–Crippen MR) is 90.0 cm³/mol. The van der Waals surface area contributed by atoms with Gasteiger partial charge in [-0.1, -0.05) is 60.7 Å². The average molecular weight is 310 g/mol. The Kier molecular flexibility index (Phi) is 4.94. The van der Waals surface area contributed by atoms with E-state index in [1.807, 2.05) is 81.4 Å². The van der Waals surface area contributed by atoms with Crippen LogP contribution in [0.4, 0.5) is 0 Å². The van der Waals surface area contributed by atoms with Crippen molar-refractivity contribution in [1.82, 2.24) is 0 Å². The Morgan fingerprint density at radius 1 is 0.826 bits per heavy atom. The lowest BCUT2D eigenvalue weighted by atomic mass is 9.95. The SMILES string of the molecule is CC(=O)OC(N=NC(C)(C)C)(c1ccccc1)c1ccccc1. The summed E-state index contributed by atoms with van der Waals surface area (Å²) in [5.74, 6) is -0.412. The van der Waals surface area contributed by atoms with Crippen molar-refractivity contribution in [2.75, 3.05) is 0 Å². The number of carbonyl (C=O) groups is 1. The van der Waals surface area contributed by atoms with Gasteiger partial charge in [-0.3, -0.25) is 4.79 Å². The van der Waals surface area contributed by atoms with Crippen molar-refractivity contribution in [2.24, 2.45) is 10.2 Å². The highest BCUT2D eigenvalue weighted by atomic mass is 16.6. The van der Waals surface area contributed by atoms with Gasteiger partial charge in [-0.2, -0.15) is 5.11 Å². The maximum atomic E-state index is 11.8. The molecule has 0 bridgehead atoms. The maximum Gasteiger partial charge on any atom is 0.305 e. The molecule has 4 heteroatoms. The van der Waals surface area contributed by atoms with E-state index in [0.29, 0.717) is 0 Å². The predicted octanol–water partition coefficient (Wildman–Crippen LogP) is 4.70. The number of rotatable bonds is 4. The first kappa shape index (κ1) is 16.9. The molecule has 0 heterocycles. The summed E-state index contributed by atoms with van der Waals surface area (Å²) in [7, 11) is 0. The van der Waals surface area contributed by atoms with Gasteiger partial charge >= 0.3 is 5.97 Å². The zero-order valence-electron chi connectivity index (χ0n) is 14.0. The van der Waals surface area contributed by atoms with Crippen LogP contribution in [-0.2, 0) is 15.3 Å². The molecule has 2 aromatic carbocycles. The third-order valence-corrected chi connectivity index (χ3v) is 3.11.